The van der Waals surface area contributed by atoms with Gasteiger partial charge < -0.3 is 19.7 Å². The molecule has 0 spiro atoms. The van der Waals surface area contributed by atoms with E-state index in [-0.39, 0.29) is 41.7 Å². The standard InChI is InChI=1S/C28H40BF3N6O5/c1-17-11-35(6-7-43-17)18(2)19-8-22(27(30,31)32)23-13-36(25(39)37(23)12-19)21-5-3-4-20(9-21)26(14-42-15-26)10-24-34-33-16-38(24)28(29,40)41/h8,12-13,17-18,20-21,24,33-34,40-41H,3-7,9-11,14-16H2,1-2H3/t17-,18+,20?,21?,24?/m1/s1. The number of hydrazine groups is 1. The molecule has 15 heteroatoms. The van der Waals surface area contributed by atoms with Crippen LogP contribution in [0.1, 0.15) is 69.2 Å². The molecule has 3 aliphatic heterocycles. The number of aliphatic hydroxyl groups is 2. The van der Waals surface area contributed by atoms with Crippen LogP contribution in [-0.2, 0) is 15.7 Å². The zero-order chi connectivity index (χ0) is 30.7. The Hall–Kier alpha value is -1.98. The van der Waals surface area contributed by atoms with Gasteiger partial charge in [0.05, 0.1) is 49.8 Å². The molecule has 1 saturated carbocycles. The van der Waals surface area contributed by atoms with E-state index in [1.54, 1.807) is 6.20 Å². The summed E-state index contributed by atoms with van der Waals surface area (Å²) in [6.45, 7) is 6.58. The Kier molecular flexibility index (Phi) is 8.25. The van der Waals surface area contributed by atoms with Gasteiger partial charge in [-0.3, -0.25) is 13.9 Å². The van der Waals surface area contributed by atoms with E-state index in [0.717, 1.165) is 12.8 Å². The third-order valence-corrected chi connectivity index (χ3v) is 10.0. The minimum atomic E-state index is -4.63. The van der Waals surface area contributed by atoms with E-state index in [4.69, 9.17) is 17.3 Å². The van der Waals surface area contributed by atoms with Gasteiger partial charge in [-0.25, -0.2) is 20.5 Å². The molecule has 0 aromatic carbocycles. The van der Waals surface area contributed by atoms with Crippen molar-refractivity contribution in [3.05, 3.63) is 40.1 Å². The second-order valence-corrected chi connectivity index (χ2v) is 12.8. The lowest BCUT2D eigenvalue weighted by Crippen LogP contribution is -2.59. The van der Waals surface area contributed by atoms with Crippen LogP contribution >= 0.6 is 0 Å². The summed E-state index contributed by atoms with van der Waals surface area (Å²) in [4.78, 5) is 17.2. The molecule has 4 aliphatic rings. The molecule has 2 radical (unpaired) electrons. The Labute approximate surface area is 249 Å². The fourth-order valence-corrected chi connectivity index (χ4v) is 7.54. The lowest BCUT2D eigenvalue weighted by Gasteiger charge is -2.52. The lowest BCUT2D eigenvalue weighted by molar-refractivity contribution is -0.220. The largest absolute Gasteiger partial charge is 0.418 e. The molecule has 6 rings (SSSR count). The fraction of sp³-hybridized carbons (Fsp3) is 0.750. The number of pyridine rings is 1. The monoisotopic (exact) mass is 608 g/mol. The maximum Gasteiger partial charge on any atom is 0.418 e. The Bertz CT molecular complexity index is 1380. The van der Waals surface area contributed by atoms with Gasteiger partial charge in [0.2, 0.25) is 0 Å². The van der Waals surface area contributed by atoms with E-state index in [1.807, 2.05) is 13.8 Å². The van der Waals surface area contributed by atoms with Gasteiger partial charge in [0.25, 0.3) is 0 Å². The zero-order valence-corrected chi connectivity index (χ0v) is 24.5. The van der Waals surface area contributed by atoms with Crippen molar-refractivity contribution in [3.63, 3.8) is 0 Å². The number of rotatable bonds is 7. The summed E-state index contributed by atoms with van der Waals surface area (Å²) < 4.78 is 57.1. The van der Waals surface area contributed by atoms with Crippen LogP contribution in [-0.4, -0.2) is 94.5 Å². The third-order valence-electron chi connectivity index (χ3n) is 10.0. The Morgan fingerprint density at radius 2 is 2.00 bits per heavy atom. The highest BCUT2D eigenvalue weighted by Gasteiger charge is 2.51. The molecule has 4 fully saturated rings. The van der Waals surface area contributed by atoms with Crippen LogP contribution < -0.4 is 16.5 Å². The van der Waals surface area contributed by atoms with Gasteiger partial charge in [0.15, 0.2) is 13.7 Å². The SMILES string of the molecule is [B]C(O)(O)N1CNNC1CC1(C2CCCC(n3cc4c(C(F)(F)F)cc([C@H](C)N5CCO[C@H](C)C5)cn4c3=O)C2)COC1. The average Bonchev–Trinajstić information content (AvgIpc) is 3.54. The minimum Gasteiger partial charge on any atom is -0.380 e. The lowest BCUT2D eigenvalue weighted by atomic mass is 9.64. The van der Waals surface area contributed by atoms with Crippen molar-refractivity contribution in [3.8, 4) is 0 Å². The number of morpholine rings is 1. The number of alkyl halides is 3. The van der Waals surface area contributed by atoms with Crippen molar-refractivity contribution in [2.45, 2.75) is 82.3 Å². The number of imidazole rings is 1. The fourth-order valence-electron chi connectivity index (χ4n) is 7.54. The predicted molar refractivity (Wildman–Crippen MR) is 151 cm³/mol. The summed E-state index contributed by atoms with van der Waals surface area (Å²) in [5, 5.41) is 20.0. The van der Waals surface area contributed by atoms with Crippen molar-refractivity contribution in [2.75, 3.05) is 39.6 Å². The molecule has 236 valence electrons. The molecule has 5 atom stereocenters. The maximum atomic E-state index is 14.4. The van der Waals surface area contributed by atoms with Crippen molar-refractivity contribution in [1.82, 2.24) is 29.6 Å². The first kappa shape index (κ1) is 31.0. The summed E-state index contributed by atoms with van der Waals surface area (Å²) >= 11 is 0. The molecule has 0 bridgehead atoms. The van der Waals surface area contributed by atoms with Crippen molar-refractivity contribution < 1.29 is 32.9 Å². The number of ether oxygens (including phenoxy) is 2. The molecule has 2 aromatic rings. The summed E-state index contributed by atoms with van der Waals surface area (Å²) in [7, 11) is 5.56. The number of halogens is 3. The first-order valence-electron chi connectivity index (χ1n) is 15.0. The van der Waals surface area contributed by atoms with E-state index >= 15 is 0 Å². The van der Waals surface area contributed by atoms with E-state index < -0.39 is 29.4 Å². The summed E-state index contributed by atoms with van der Waals surface area (Å²) in [5.41, 5.74) is 4.65. The van der Waals surface area contributed by atoms with E-state index in [9.17, 15) is 28.2 Å². The van der Waals surface area contributed by atoms with Gasteiger partial charge in [-0.05, 0) is 57.1 Å². The second-order valence-electron chi connectivity index (χ2n) is 12.8. The number of nitrogens with one attached hydrogen (secondary N) is 2. The first-order valence-corrected chi connectivity index (χ1v) is 15.0. The highest BCUT2D eigenvalue weighted by molar-refractivity contribution is 6.12. The van der Waals surface area contributed by atoms with E-state index in [0.29, 0.717) is 57.7 Å². The van der Waals surface area contributed by atoms with Crippen molar-refractivity contribution >= 4 is 13.4 Å². The minimum absolute atomic E-state index is 0.0247. The normalized spacial score (nSPS) is 30.0. The summed E-state index contributed by atoms with van der Waals surface area (Å²) in [6.07, 6.45) is 1.29. The van der Waals surface area contributed by atoms with Crippen LogP contribution in [0.3, 0.4) is 0 Å². The molecule has 0 amide bonds. The molecule has 3 unspecified atom stereocenters. The van der Waals surface area contributed by atoms with Gasteiger partial charge in [-0.1, -0.05) is 6.42 Å². The average molecular weight is 608 g/mol. The molecular weight excluding hydrogens is 568 g/mol. The van der Waals surface area contributed by atoms with Gasteiger partial charge in [0.1, 0.15) is 0 Å². The molecule has 3 saturated heterocycles. The molecule has 11 nitrogen and oxygen atoms in total. The van der Waals surface area contributed by atoms with Crippen molar-refractivity contribution in [1.29, 1.82) is 0 Å². The molecule has 2 aromatic heterocycles. The summed E-state index contributed by atoms with van der Waals surface area (Å²) in [5.74, 6) is -2.39. The smallest absolute Gasteiger partial charge is 0.380 e. The van der Waals surface area contributed by atoms with Crippen LogP contribution in [0.5, 0.6) is 0 Å². The van der Waals surface area contributed by atoms with Crippen LogP contribution in [0, 0.1) is 11.3 Å². The number of nitrogens with zero attached hydrogens (tertiary/aromatic N) is 4. The van der Waals surface area contributed by atoms with Crippen molar-refractivity contribution in [2.24, 2.45) is 11.3 Å². The van der Waals surface area contributed by atoms with Gasteiger partial charge in [-0.15, -0.1) is 0 Å². The third kappa shape index (κ3) is 5.90. The summed E-state index contributed by atoms with van der Waals surface area (Å²) in [6, 6.07) is 0.580. The van der Waals surface area contributed by atoms with E-state index in [1.165, 1.54) is 26.1 Å². The molecule has 1 aliphatic carbocycles. The highest BCUT2D eigenvalue weighted by Crippen LogP contribution is 2.50. The number of fused-ring (bicyclic) bond motifs is 1. The number of aromatic nitrogens is 2. The Balaban J connectivity index is 1.29. The van der Waals surface area contributed by atoms with E-state index in [2.05, 4.69) is 15.8 Å². The number of hydrogen-bond donors (Lipinski definition) is 4. The van der Waals surface area contributed by atoms with Crippen LogP contribution in [0.2, 0.25) is 0 Å². The quantitative estimate of drug-likeness (QED) is 0.274. The van der Waals surface area contributed by atoms with Crippen LogP contribution in [0.25, 0.3) is 5.52 Å². The Morgan fingerprint density at radius 3 is 2.65 bits per heavy atom. The van der Waals surface area contributed by atoms with Crippen LogP contribution in [0.4, 0.5) is 13.2 Å². The maximum absolute atomic E-state index is 14.4. The van der Waals surface area contributed by atoms with Gasteiger partial charge >= 0.3 is 11.9 Å². The Morgan fingerprint density at radius 1 is 1.23 bits per heavy atom. The van der Waals surface area contributed by atoms with Gasteiger partial charge in [0, 0.05) is 43.0 Å². The molecular formula is C28H40BF3N6O5. The second kappa shape index (κ2) is 11.4. The van der Waals surface area contributed by atoms with Gasteiger partial charge in [-0.2, -0.15) is 13.2 Å². The highest BCUT2D eigenvalue weighted by atomic mass is 19.4. The zero-order valence-electron chi connectivity index (χ0n) is 24.5. The first-order chi connectivity index (χ1) is 20.3. The topological polar surface area (TPSA) is 116 Å². The predicted octanol–water partition coefficient (Wildman–Crippen LogP) is 1.50. The molecule has 4 N–H and O–H groups in total. The molecule has 5 heterocycles. The number of hydrogen-bond acceptors (Lipinski definition) is 9. The van der Waals surface area contributed by atoms with Crippen LogP contribution in [0.15, 0.2) is 23.3 Å². The molecule has 43 heavy (non-hydrogen) atoms.